The van der Waals surface area contributed by atoms with Crippen molar-refractivity contribution in [2.24, 2.45) is 11.7 Å². The standard InChI is InChI=1S/C15H25FN2/c1-11(2)9-12(3)18(4)10-15(17)13-7-5-6-8-14(13)16/h5-8,11-12,15H,9-10,17H2,1-4H3. The number of likely N-dealkylation sites (N-methyl/N-ethyl adjacent to an activating group) is 1. The van der Waals surface area contributed by atoms with E-state index in [0.29, 0.717) is 24.1 Å². The molecule has 2 unspecified atom stereocenters. The van der Waals surface area contributed by atoms with Crippen LogP contribution in [0.25, 0.3) is 0 Å². The van der Waals surface area contributed by atoms with Crippen LogP contribution in [-0.2, 0) is 0 Å². The average Bonchev–Trinajstić information content (AvgIpc) is 2.28. The molecular formula is C15H25FN2. The molecule has 0 bridgehead atoms. The lowest BCUT2D eigenvalue weighted by atomic mass is 10.0. The predicted molar refractivity (Wildman–Crippen MR) is 74.9 cm³/mol. The van der Waals surface area contributed by atoms with Crippen molar-refractivity contribution in [2.75, 3.05) is 13.6 Å². The van der Waals surface area contributed by atoms with E-state index >= 15 is 0 Å². The molecule has 0 heterocycles. The Balaban J connectivity index is 2.59. The second-order valence-corrected chi connectivity index (χ2v) is 5.55. The maximum Gasteiger partial charge on any atom is 0.128 e. The summed E-state index contributed by atoms with van der Waals surface area (Å²) < 4.78 is 13.6. The third-order valence-electron chi connectivity index (χ3n) is 3.35. The van der Waals surface area contributed by atoms with E-state index in [4.69, 9.17) is 5.73 Å². The summed E-state index contributed by atoms with van der Waals surface area (Å²) in [4.78, 5) is 2.21. The van der Waals surface area contributed by atoms with Gasteiger partial charge in [-0.05, 0) is 32.4 Å². The van der Waals surface area contributed by atoms with Gasteiger partial charge in [0.05, 0.1) is 0 Å². The van der Waals surface area contributed by atoms with Crippen molar-refractivity contribution in [3.63, 3.8) is 0 Å². The molecule has 0 aliphatic carbocycles. The number of nitrogens with zero attached hydrogens (tertiary/aromatic N) is 1. The Morgan fingerprint density at radius 3 is 2.39 bits per heavy atom. The molecule has 2 N–H and O–H groups in total. The van der Waals surface area contributed by atoms with Gasteiger partial charge in [0, 0.05) is 24.2 Å². The number of hydrogen-bond donors (Lipinski definition) is 1. The second-order valence-electron chi connectivity index (χ2n) is 5.55. The molecule has 0 saturated heterocycles. The summed E-state index contributed by atoms with van der Waals surface area (Å²) >= 11 is 0. The van der Waals surface area contributed by atoms with E-state index in [1.807, 2.05) is 13.1 Å². The van der Waals surface area contributed by atoms with Crippen LogP contribution in [0.15, 0.2) is 24.3 Å². The third kappa shape index (κ3) is 4.39. The topological polar surface area (TPSA) is 29.3 Å². The van der Waals surface area contributed by atoms with Gasteiger partial charge in [-0.3, -0.25) is 0 Å². The summed E-state index contributed by atoms with van der Waals surface area (Å²) in [7, 11) is 2.05. The highest BCUT2D eigenvalue weighted by atomic mass is 19.1. The second kappa shape index (κ2) is 6.86. The molecule has 0 aliphatic heterocycles. The minimum Gasteiger partial charge on any atom is -0.323 e. The molecule has 2 nitrogen and oxygen atoms in total. The molecule has 102 valence electrons. The van der Waals surface area contributed by atoms with Crippen LogP contribution >= 0.6 is 0 Å². The summed E-state index contributed by atoms with van der Waals surface area (Å²) in [6.45, 7) is 7.28. The Morgan fingerprint density at radius 2 is 1.83 bits per heavy atom. The van der Waals surface area contributed by atoms with E-state index in [2.05, 4.69) is 25.7 Å². The highest BCUT2D eigenvalue weighted by Crippen LogP contribution is 2.17. The molecule has 0 fully saturated rings. The fourth-order valence-corrected chi connectivity index (χ4v) is 2.23. The van der Waals surface area contributed by atoms with E-state index in [-0.39, 0.29) is 11.9 Å². The third-order valence-corrected chi connectivity index (χ3v) is 3.35. The molecule has 2 atom stereocenters. The lowest BCUT2D eigenvalue weighted by Gasteiger charge is -2.28. The smallest absolute Gasteiger partial charge is 0.128 e. The van der Waals surface area contributed by atoms with Gasteiger partial charge in [-0.15, -0.1) is 0 Å². The van der Waals surface area contributed by atoms with E-state index in [1.54, 1.807) is 12.1 Å². The van der Waals surface area contributed by atoms with Gasteiger partial charge >= 0.3 is 0 Å². The molecule has 0 radical (unpaired) electrons. The maximum absolute atomic E-state index is 13.6. The van der Waals surface area contributed by atoms with E-state index in [9.17, 15) is 4.39 Å². The fraction of sp³-hybridized carbons (Fsp3) is 0.600. The summed E-state index contributed by atoms with van der Waals surface area (Å²) in [5, 5.41) is 0. The van der Waals surface area contributed by atoms with Crippen LogP contribution < -0.4 is 5.73 Å². The molecule has 0 amide bonds. The van der Waals surface area contributed by atoms with Gasteiger partial charge in [-0.25, -0.2) is 4.39 Å². The molecule has 0 aromatic heterocycles. The van der Waals surface area contributed by atoms with E-state index in [0.717, 1.165) is 6.42 Å². The average molecular weight is 252 g/mol. The Hall–Kier alpha value is -0.930. The SMILES string of the molecule is CC(C)CC(C)N(C)CC(N)c1ccccc1F. The molecule has 1 aromatic carbocycles. The monoisotopic (exact) mass is 252 g/mol. The van der Waals surface area contributed by atoms with Gasteiger partial charge in [-0.2, -0.15) is 0 Å². The van der Waals surface area contributed by atoms with Gasteiger partial charge < -0.3 is 10.6 Å². The zero-order valence-corrected chi connectivity index (χ0v) is 11.9. The summed E-state index contributed by atoms with van der Waals surface area (Å²) in [6.07, 6.45) is 1.13. The Kier molecular flexibility index (Phi) is 5.76. The fourth-order valence-electron chi connectivity index (χ4n) is 2.23. The van der Waals surface area contributed by atoms with Crippen LogP contribution in [0, 0.1) is 11.7 Å². The highest BCUT2D eigenvalue weighted by Gasteiger charge is 2.17. The van der Waals surface area contributed by atoms with Crippen molar-refractivity contribution < 1.29 is 4.39 Å². The first-order valence-corrected chi connectivity index (χ1v) is 6.62. The lowest BCUT2D eigenvalue weighted by molar-refractivity contribution is 0.215. The highest BCUT2D eigenvalue weighted by molar-refractivity contribution is 5.21. The largest absolute Gasteiger partial charge is 0.323 e. The minimum atomic E-state index is -0.272. The number of hydrogen-bond acceptors (Lipinski definition) is 2. The van der Waals surface area contributed by atoms with Crippen LogP contribution in [0.3, 0.4) is 0 Å². The molecule has 3 heteroatoms. The van der Waals surface area contributed by atoms with Gasteiger partial charge in [-0.1, -0.05) is 32.0 Å². The molecule has 1 rings (SSSR count). The first-order chi connectivity index (χ1) is 8.41. The molecule has 18 heavy (non-hydrogen) atoms. The van der Waals surface area contributed by atoms with Crippen molar-refractivity contribution in [3.05, 3.63) is 35.6 Å². The zero-order chi connectivity index (χ0) is 13.7. The number of nitrogens with two attached hydrogens (primary N) is 1. The van der Waals surface area contributed by atoms with Gasteiger partial charge in [0.2, 0.25) is 0 Å². The van der Waals surface area contributed by atoms with Crippen LogP contribution in [0.1, 0.15) is 38.8 Å². The van der Waals surface area contributed by atoms with Gasteiger partial charge in [0.15, 0.2) is 0 Å². The normalized spacial score (nSPS) is 15.1. The summed E-state index contributed by atoms with van der Waals surface area (Å²) in [5.74, 6) is 0.446. The van der Waals surface area contributed by atoms with Gasteiger partial charge in [0.1, 0.15) is 5.82 Å². The summed E-state index contributed by atoms with van der Waals surface area (Å²) in [6, 6.07) is 6.94. The van der Waals surface area contributed by atoms with E-state index < -0.39 is 0 Å². The van der Waals surface area contributed by atoms with Crippen LogP contribution in [0.2, 0.25) is 0 Å². The van der Waals surface area contributed by atoms with Crippen molar-refractivity contribution in [1.82, 2.24) is 4.90 Å². The predicted octanol–water partition coefficient (Wildman–Crippen LogP) is 3.19. The zero-order valence-electron chi connectivity index (χ0n) is 11.9. The molecule has 1 aromatic rings. The Bertz CT molecular complexity index is 365. The quantitative estimate of drug-likeness (QED) is 0.842. The maximum atomic E-state index is 13.6. The van der Waals surface area contributed by atoms with Crippen molar-refractivity contribution in [1.29, 1.82) is 0 Å². The molecule has 0 saturated carbocycles. The van der Waals surface area contributed by atoms with E-state index in [1.165, 1.54) is 6.07 Å². The van der Waals surface area contributed by atoms with Crippen LogP contribution in [-0.4, -0.2) is 24.5 Å². The van der Waals surface area contributed by atoms with Crippen molar-refractivity contribution in [3.8, 4) is 0 Å². The Labute approximate surface area is 110 Å². The minimum absolute atomic E-state index is 0.213. The van der Waals surface area contributed by atoms with Crippen LogP contribution in [0.5, 0.6) is 0 Å². The summed E-state index contributed by atoms with van der Waals surface area (Å²) in [5.41, 5.74) is 6.68. The van der Waals surface area contributed by atoms with Crippen molar-refractivity contribution in [2.45, 2.75) is 39.3 Å². The first-order valence-electron chi connectivity index (χ1n) is 6.62. The number of rotatable bonds is 6. The molecule has 0 aliphatic rings. The Morgan fingerprint density at radius 1 is 1.22 bits per heavy atom. The number of benzene rings is 1. The lowest BCUT2D eigenvalue weighted by Crippen LogP contribution is -2.36. The first kappa shape index (κ1) is 15.1. The van der Waals surface area contributed by atoms with Crippen molar-refractivity contribution >= 4 is 0 Å². The van der Waals surface area contributed by atoms with Gasteiger partial charge in [0.25, 0.3) is 0 Å². The van der Waals surface area contributed by atoms with Crippen LogP contribution in [0.4, 0.5) is 4.39 Å². The molecule has 0 spiro atoms. The number of halogens is 1. The molecular weight excluding hydrogens is 227 g/mol.